The van der Waals surface area contributed by atoms with Crippen LogP contribution >= 0.6 is 0 Å². The zero-order chi connectivity index (χ0) is 12.6. The largest absolute Gasteiger partial charge is 0.379 e. The molecule has 17 heavy (non-hydrogen) atoms. The SMILES string of the molecule is CCCCCC(C)(CCCC)N1CCOCC1. The number of ether oxygens (including phenoxy) is 1. The second-order valence-electron chi connectivity index (χ2n) is 5.66. The minimum atomic E-state index is 0.426. The van der Waals surface area contributed by atoms with Crippen molar-refractivity contribution in [1.82, 2.24) is 4.90 Å². The van der Waals surface area contributed by atoms with Gasteiger partial charge in [0.15, 0.2) is 0 Å². The Bertz CT molecular complexity index is 189. The van der Waals surface area contributed by atoms with Gasteiger partial charge in [0.25, 0.3) is 0 Å². The fourth-order valence-electron chi connectivity index (χ4n) is 2.86. The first-order valence-electron chi connectivity index (χ1n) is 7.55. The first kappa shape index (κ1) is 15.0. The van der Waals surface area contributed by atoms with Gasteiger partial charge in [-0.2, -0.15) is 0 Å². The summed E-state index contributed by atoms with van der Waals surface area (Å²) in [6.45, 7) is 11.2. The number of rotatable bonds is 8. The summed E-state index contributed by atoms with van der Waals surface area (Å²) in [5, 5.41) is 0. The van der Waals surface area contributed by atoms with Crippen LogP contribution in [0.15, 0.2) is 0 Å². The van der Waals surface area contributed by atoms with Crippen LogP contribution < -0.4 is 0 Å². The summed E-state index contributed by atoms with van der Waals surface area (Å²) in [6, 6.07) is 0. The van der Waals surface area contributed by atoms with Crippen molar-refractivity contribution in [2.45, 2.75) is 71.3 Å². The van der Waals surface area contributed by atoms with E-state index in [4.69, 9.17) is 4.74 Å². The minimum absolute atomic E-state index is 0.426. The smallest absolute Gasteiger partial charge is 0.0594 e. The molecular weight excluding hydrogens is 210 g/mol. The lowest BCUT2D eigenvalue weighted by molar-refractivity contribution is -0.0241. The van der Waals surface area contributed by atoms with E-state index >= 15 is 0 Å². The number of nitrogens with zero attached hydrogens (tertiary/aromatic N) is 1. The Morgan fingerprint density at radius 2 is 1.53 bits per heavy atom. The number of morpholine rings is 1. The Balaban J connectivity index is 2.48. The van der Waals surface area contributed by atoms with Crippen molar-refractivity contribution in [3.05, 3.63) is 0 Å². The zero-order valence-corrected chi connectivity index (χ0v) is 12.1. The molecule has 2 heteroatoms. The van der Waals surface area contributed by atoms with E-state index in [1.807, 2.05) is 0 Å². The topological polar surface area (TPSA) is 12.5 Å². The molecule has 0 N–H and O–H groups in total. The minimum Gasteiger partial charge on any atom is -0.379 e. The third kappa shape index (κ3) is 4.97. The first-order valence-corrected chi connectivity index (χ1v) is 7.55. The van der Waals surface area contributed by atoms with Gasteiger partial charge in [-0.1, -0.05) is 46.0 Å². The molecule has 0 aliphatic carbocycles. The maximum Gasteiger partial charge on any atom is 0.0594 e. The Morgan fingerprint density at radius 3 is 2.12 bits per heavy atom. The fourth-order valence-corrected chi connectivity index (χ4v) is 2.86. The molecule has 1 aliphatic heterocycles. The van der Waals surface area contributed by atoms with Crippen molar-refractivity contribution in [1.29, 1.82) is 0 Å². The molecule has 2 nitrogen and oxygen atoms in total. The van der Waals surface area contributed by atoms with Gasteiger partial charge < -0.3 is 4.74 Å². The maximum atomic E-state index is 5.48. The normalized spacial score (nSPS) is 21.4. The zero-order valence-electron chi connectivity index (χ0n) is 12.1. The highest BCUT2D eigenvalue weighted by Gasteiger charge is 2.31. The van der Waals surface area contributed by atoms with E-state index in [2.05, 4.69) is 25.7 Å². The molecule has 0 bridgehead atoms. The molecule has 0 amide bonds. The Morgan fingerprint density at radius 1 is 0.941 bits per heavy atom. The van der Waals surface area contributed by atoms with Crippen LogP contribution in [0.25, 0.3) is 0 Å². The summed E-state index contributed by atoms with van der Waals surface area (Å²) in [5.74, 6) is 0. The number of unbranched alkanes of at least 4 members (excludes halogenated alkanes) is 3. The van der Waals surface area contributed by atoms with E-state index < -0.39 is 0 Å². The Labute approximate surface area is 108 Å². The average Bonchev–Trinajstić information content (AvgIpc) is 2.38. The molecule has 102 valence electrons. The van der Waals surface area contributed by atoms with E-state index in [1.165, 1.54) is 44.9 Å². The van der Waals surface area contributed by atoms with Crippen molar-refractivity contribution in [3.8, 4) is 0 Å². The third-order valence-corrected chi connectivity index (χ3v) is 4.16. The van der Waals surface area contributed by atoms with Crippen molar-refractivity contribution < 1.29 is 4.74 Å². The number of hydrogen-bond acceptors (Lipinski definition) is 2. The molecule has 1 fully saturated rings. The summed E-state index contributed by atoms with van der Waals surface area (Å²) in [5.41, 5.74) is 0.426. The summed E-state index contributed by atoms with van der Waals surface area (Å²) < 4.78 is 5.48. The van der Waals surface area contributed by atoms with E-state index in [9.17, 15) is 0 Å². The van der Waals surface area contributed by atoms with E-state index in [-0.39, 0.29) is 0 Å². The molecule has 0 spiro atoms. The van der Waals surface area contributed by atoms with Crippen LogP contribution in [0.5, 0.6) is 0 Å². The van der Waals surface area contributed by atoms with E-state index in [1.54, 1.807) is 0 Å². The predicted molar refractivity (Wildman–Crippen MR) is 74.5 cm³/mol. The molecule has 0 saturated carbocycles. The summed E-state index contributed by atoms with van der Waals surface area (Å²) >= 11 is 0. The van der Waals surface area contributed by atoms with Gasteiger partial charge in [0, 0.05) is 18.6 Å². The van der Waals surface area contributed by atoms with Crippen LogP contribution in [0.4, 0.5) is 0 Å². The Kier molecular flexibility index (Phi) is 7.14. The van der Waals surface area contributed by atoms with Gasteiger partial charge in [-0.25, -0.2) is 0 Å². The predicted octanol–water partition coefficient (Wildman–Crippen LogP) is 3.85. The van der Waals surface area contributed by atoms with Crippen LogP contribution in [0.1, 0.15) is 65.7 Å². The highest BCUT2D eigenvalue weighted by molar-refractivity contribution is 4.87. The van der Waals surface area contributed by atoms with Crippen molar-refractivity contribution in [2.75, 3.05) is 26.3 Å². The van der Waals surface area contributed by atoms with Crippen molar-refractivity contribution in [3.63, 3.8) is 0 Å². The second-order valence-corrected chi connectivity index (χ2v) is 5.66. The summed E-state index contributed by atoms with van der Waals surface area (Å²) in [7, 11) is 0. The van der Waals surface area contributed by atoms with Crippen LogP contribution in [-0.4, -0.2) is 36.7 Å². The second kappa shape index (κ2) is 8.10. The van der Waals surface area contributed by atoms with Gasteiger partial charge in [0.05, 0.1) is 13.2 Å². The van der Waals surface area contributed by atoms with Gasteiger partial charge >= 0.3 is 0 Å². The van der Waals surface area contributed by atoms with Gasteiger partial charge in [0.1, 0.15) is 0 Å². The third-order valence-electron chi connectivity index (χ3n) is 4.16. The molecule has 1 saturated heterocycles. The van der Waals surface area contributed by atoms with E-state index in [0.29, 0.717) is 5.54 Å². The molecule has 1 atom stereocenters. The average molecular weight is 241 g/mol. The van der Waals surface area contributed by atoms with Crippen molar-refractivity contribution in [2.24, 2.45) is 0 Å². The summed E-state index contributed by atoms with van der Waals surface area (Å²) in [6.07, 6.45) is 9.48. The highest BCUT2D eigenvalue weighted by Crippen LogP contribution is 2.29. The van der Waals surface area contributed by atoms with Crippen LogP contribution in [0.2, 0.25) is 0 Å². The van der Waals surface area contributed by atoms with Crippen molar-refractivity contribution >= 4 is 0 Å². The van der Waals surface area contributed by atoms with Gasteiger partial charge in [0.2, 0.25) is 0 Å². The van der Waals surface area contributed by atoms with Gasteiger partial charge in [-0.3, -0.25) is 4.90 Å². The lowest BCUT2D eigenvalue weighted by Gasteiger charge is -2.44. The fraction of sp³-hybridized carbons (Fsp3) is 1.00. The molecule has 0 radical (unpaired) electrons. The monoisotopic (exact) mass is 241 g/mol. The molecule has 0 aromatic heterocycles. The molecule has 1 unspecified atom stereocenters. The summed E-state index contributed by atoms with van der Waals surface area (Å²) in [4.78, 5) is 2.68. The number of hydrogen-bond donors (Lipinski definition) is 0. The van der Waals surface area contributed by atoms with Crippen LogP contribution in [-0.2, 0) is 4.74 Å². The quantitative estimate of drug-likeness (QED) is 0.599. The Hall–Kier alpha value is -0.0800. The first-order chi connectivity index (χ1) is 8.23. The molecule has 1 heterocycles. The molecule has 1 aliphatic rings. The standard InChI is InChI=1S/C15H31NO/c1-4-6-8-10-15(3,9-7-5-2)16-11-13-17-14-12-16/h4-14H2,1-3H3. The maximum absolute atomic E-state index is 5.48. The lowest BCUT2D eigenvalue weighted by Crippen LogP contribution is -2.51. The highest BCUT2D eigenvalue weighted by atomic mass is 16.5. The molecule has 0 aromatic carbocycles. The molecular formula is C15H31NO. The van der Waals surface area contributed by atoms with E-state index in [0.717, 1.165) is 26.3 Å². The van der Waals surface area contributed by atoms with Gasteiger partial charge in [-0.15, -0.1) is 0 Å². The van der Waals surface area contributed by atoms with Crippen LogP contribution in [0, 0.1) is 0 Å². The van der Waals surface area contributed by atoms with Gasteiger partial charge in [-0.05, 0) is 19.8 Å². The lowest BCUT2D eigenvalue weighted by atomic mass is 9.86. The van der Waals surface area contributed by atoms with Crippen LogP contribution in [0.3, 0.4) is 0 Å². The molecule has 0 aromatic rings. The molecule has 1 rings (SSSR count).